The van der Waals surface area contributed by atoms with Crippen molar-refractivity contribution in [1.82, 2.24) is 0 Å². The Bertz CT molecular complexity index is 996. The monoisotopic (exact) mass is 341 g/mol. The van der Waals surface area contributed by atoms with Crippen LogP contribution in [0, 0.1) is 12.7 Å². The number of sulfonamides is 1. The van der Waals surface area contributed by atoms with E-state index >= 15 is 0 Å². The molecule has 3 rings (SSSR count). The Labute approximate surface area is 140 Å². The van der Waals surface area contributed by atoms with E-state index < -0.39 is 10.0 Å². The molecule has 0 unspecified atom stereocenters. The summed E-state index contributed by atoms with van der Waals surface area (Å²) in [5.41, 5.74) is 4.22. The Morgan fingerprint density at radius 2 is 1.38 bits per heavy atom. The van der Waals surface area contributed by atoms with Gasteiger partial charge in [0.25, 0.3) is 0 Å². The smallest absolute Gasteiger partial charge is 0.225 e. The summed E-state index contributed by atoms with van der Waals surface area (Å²) in [6.45, 7) is 1.72. The van der Waals surface area contributed by atoms with Crippen molar-refractivity contribution in [3.63, 3.8) is 0 Å². The van der Waals surface area contributed by atoms with Gasteiger partial charge in [-0.25, -0.2) is 17.9 Å². The molecule has 3 nitrogen and oxygen atoms in total. The minimum Gasteiger partial charge on any atom is -0.225 e. The van der Waals surface area contributed by atoms with Gasteiger partial charge in [-0.05, 0) is 59.0 Å². The van der Waals surface area contributed by atoms with Crippen LogP contribution in [0.15, 0.2) is 71.6 Å². The number of hydrogen-bond acceptors (Lipinski definition) is 2. The number of aryl methyl sites for hydroxylation is 1. The van der Waals surface area contributed by atoms with E-state index in [1.807, 2.05) is 24.3 Å². The van der Waals surface area contributed by atoms with Crippen molar-refractivity contribution in [3.8, 4) is 22.3 Å². The average Bonchev–Trinajstić information content (AvgIpc) is 2.57. The highest BCUT2D eigenvalue weighted by Crippen LogP contribution is 2.33. The van der Waals surface area contributed by atoms with E-state index in [4.69, 9.17) is 5.14 Å². The molecule has 0 spiro atoms. The maximum absolute atomic E-state index is 13.5. The van der Waals surface area contributed by atoms with Crippen LogP contribution in [0.4, 0.5) is 4.39 Å². The highest BCUT2D eigenvalue weighted by Gasteiger charge is 2.11. The van der Waals surface area contributed by atoms with Crippen molar-refractivity contribution < 1.29 is 12.8 Å². The van der Waals surface area contributed by atoms with Crippen LogP contribution in [-0.4, -0.2) is 8.42 Å². The Hall–Kier alpha value is -2.50. The van der Waals surface area contributed by atoms with Crippen LogP contribution in [0.5, 0.6) is 0 Å². The first-order valence-electron chi connectivity index (χ1n) is 7.35. The lowest BCUT2D eigenvalue weighted by molar-refractivity contribution is 0.598. The van der Waals surface area contributed by atoms with Crippen molar-refractivity contribution in [2.75, 3.05) is 0 Å². The lowest BCUT2D eigenvalue weighted by atomic mass is 9.94. The third kappa shape index (κ3) is 3.22. The third-order valence-electron chi connectivity index (χ3n) is 3.89. The molecule has 5 heteroatoms. The van der Waals surface area contributed by atoms with Crippen LogP contribution < -0.4 is 5.14 Å². The standard InChI is InChI=1S/C19H16FNO2S/c1-13-12-15(8-11-19(13)20)18-5-3-2-4-17(18)14-6-9-16(10-7-14)24(21,22)23/h2-12H,1H3,(H2,21,22,23). The molecule has 0 bridgehead atoms. The molecule has 0 aliphatic carbocycles. The quantitative estimate of drug-likeness (QED) is 0.779. The zero-order chi connectivity index (χ0) is 17.3. The Morgan fingerprint density at radius 1 is 0.833 bits per heavy atom. The topological polar surface area (TPSA) is 60.2 Å². The molecule has 0 saturated heterocycles. The number of halogens is 1. The van der Waals surface area contributed by atoms with Crippen LogP contribution in [0.25, 0.3) is 22.3 Å². The molecule has 0 atom stereocenters. The zero-order valence-electron chi connectivity index (χ0n) is 13.0. The van der Waals surface area contributed by atoms with Crippen molar-refractivity contribution >= 4 is 10.0 Å². The summed E-state index contributed by atoms with van der Waals surface area (Å²) in [6.07, 6.45) is 0. The second-order valence-electron chi connectivity index (χ2n) is 5.58. The summed E-state index contributed by atoms with van der Waals surface area (Å²) in [4.78, 5) is 0.0707. The van der Waals surface area contributed by atoms with E-state index in [9.17, 15) is 12.8 Å². The fourth-order valence-corrected chi connectivity index (χ4v) is 3.14. The third-order valence-corrected chi connectivity index (χ3v) is 4.82. The van der Waals surface area contributed by atoms with Crippen LogP contribution in [-0.2, 0) is 10.0 Å². The normalized spacial score (nSPS) is 11.5. The first-order chi connectivity index (χ1) is 11.4. The van der Waals surface area contributed by atoms with Gasteiger partial charge in [0, 0.05) is 0 Å². The molecular weight excluding hydrogens is 325 g/mol. The van der Waals surface area contributed by atoms with Gasteiger partial charge in [0.05, 0.1) is 4.90 Å². The number of primary sulfonamides is 1. The number of nitrogens with two attached hydrogens (primary N) is 1. The number of rotatable bonds is 3. The summed E-state index contributed by atoms with van der Waals surface area (Å²) in [5, 5.41) is 5.13. The van der Waals surface area contributed by atoms with Gasteiger partial charge >= 0.3 is 0 Å². The number of benzene rings is 3. The van der Waals surface area contributed by atoms with Gasteiger partial charge < -0.3 is 0 Å². The van der Waals surface area contributed by atoms with E-state index in [1.54, 1.807) is 31.2 Å². The molecule has 24 heavy (non-hydrogen) atoms. The average molecular weight is 341 g/mol. The molecule has 0 amide bonds. The maximum atomic E-state index is 13.5. The van der Waals surface area contributed by atoms with Crippen LogP contribution in [0.3, 0.4) is 0 Å². The highest BCUT2D eigenvalue weighted by molar-refractivity contribution is 7.89. The number of hydrogen-bond donors (Lipinski definition) is 1. The second-order valence-corrected chi connectivity index (χ2v) is 7.14. The Kier molecular flexibility index (Phi) is 4.22. The molecule has 0 heterocycles. The first-order valence-corrected chi connectivity index (χ1v) is 8.90. The molecule has 0 saturated carbocycles. The predicted octanol–water partition coefficient (Wildman–Crippen LogP) is 4.12. The van der Waals surface area contributed by atoms with E-state index in [2.05, 4.69) is 0 Å². The molecule has 0 radical (unpaired) electrons. The minimum atomic E-state index is -3.72. The summed E-state index contributed by atoms with van der Waals surface area (Å²) in [5.74, 6) is -0.242. The minimum absolute atomic E-state index is 0.0707. The molecule has 122 valence electrons. The first kappa shape index (κ1) is 16.4. The largest absolute Gasteiger partial charge is 0.238 e. The lowest BCUT2D eigenvalue weighted by Crippen LogP contribution is -2.11. The summed E-state index contributed by atoms with van der Waals surface area (Å²) >= 11 is 0. The van der Waals surface area contributed by atoms with Gasteiger partial charge in [0.15, 0.2) is 0 Å². The fraction of sp³-hybridized carbons (Fsp3) is 0.0526. The Balaban J connectivity index is 2.11. The summed E-state index contributed by atoms with van der Waals surface area (Å²) < 4.78 is 36.3. The van der Waals surface area contributed by atoms with Gasteiger partial charge in [0.2, 0.25) is 10.0 Å². The van der Waals surface area contributed by atoms with Crippen molar-refractivity contribution in [3.05, 3.63) is 78.1 Å². The second kappa shape index (κ2) is 6.19. The summed E-state index contributed by atoms with van der Waals surface area (Å²) in [6, 6.07) is 19.1. The molecule has 0 aliphatic rings. The fourth-order valence-electron chi connectivity index (χ4n) is 2.62. The van der Waals surface area contributed by atoms with Crippen LogP contribution in [0.1, 0.15) is 5.56 Å². The SMILES string of the molecule is Cc1cc(-c2ccccc2-c2ccc(S(N)(=O)=O)cc2)ccc1F. The van der Waals surface area contributed by atoms with E-state index in [0.29, 0.717) is 5.56 Å². The molecule has 0 aromatic heterocycles. The molecule has 0 fully saturated rings. The molecular formula is C19H16FNO2S. The van der Waals surface area contributed by atoms with Gasteiger partial charge in [-0.1, -0.05) is 42.5 Å². The van der Waals surface area contributed by atoms with Crippen molar-refractivity contribution in [2.45, 2.75) is 11.8 Å². The van der Waals surface area contributed by atoms with E-state index in [0.717, 1.165) is 22.3 Å². The molecule has 3 aromatic rings. The zero-order valence-corrected chi connectivity index (χ0v) is 13.8. The van der Waals surface area contributed by atoms with E-state index in [-0.39, 0.29) is 10.7 Å². The Morgan fingerprint density at radius 3 is 1.92 bits per heavy atom. The molecule has 0 aliphatic heterocycles. The van der Waals surface area contributed by atoms with Crippen molar-refractivity contribution in [1.29, 1.82) is 0 Å². The van der Waals surface area contributed by atoms with Crippen LogP contribution >= 0.6 is 0 Å². The van der Waals surface area contributed by atoms with Gasteiger partial charge in [-0.2, -0.15) is 0 Å². The molecule has 2 N–H and O–H groups in total. The van der Waals surface area contributed by atoms with Crippen molar-refractivity contribution in [2.24, 2.45) is 5.14 Å². The summed E-state index contributed by atoms with van der Waals surface area (Å²) in [7, 11) is -3.72. The van der Waals surface area contributed by atoms with Gasteiger partial charge in [0.1, 0.15) is 5.82 Å². The maximum Gasteiger partial charge on any atom is 0.238 e. The van der Waals surface area contributed by atoms with E-state index in [1.165, 1.54) is 18.2 Å². The lowest BCUT2D eigenvalue weighted by Gasteiger charge is -2.11. The predicted molar refractivity (Wildman–Crippen MR) is 93.4 cm³/mol. The van der Waals surface area contributed by atoms with Crippen LogP contribution in [0.2, 0.25) is 0 Å². The molecule has 3 aromatic carbocycles. The van der Waals surface area contributed by atoms with Gasteiger partial charge in [-0.15, -0.1) is 0 Å². The highest BCUT2D eigenvalue weighted by atomic mass is 32.2. The van der Waals surface area contributed by atoms with Gasteiger partial charge in [-0.3, -0.25) is 0 Å².